The van der Waals surface area contributed by atoms with Crippen LogP contribution in [0.3, 0.4) is 0 Å². The number of ether oxygens (including phenoxy) is 1. The van der Waals surface area contributed by atoms with Gasteiger partial charge in [-0.25, -0.2) is 8.42 Å². The van der Waals surface area contributed by atoms with E-state index in [0.29, 0.717) is 6.54 Å². The van der Waals surface area contributed by atoms with Crippen molar-refractivity contribution in [1.29, 1.82) is 0 Å². The van der Waals surface area contributed by atoms with Crippen LogP contribution in [-0.4, -0.2) is 47.2 Å². The molecule has 86 valence electrons. The fraction of sp³-hybridized carbons (Fsp3) is 1.00. The average molecular weight is 223 g/mol. The highest BCUT2D eigenvalue weighted by Gasteiger charge is 1.99. The molecular weight excluding hydrogens is 202 g/mol. The Hall–Kier alpha value is -0.130. The molecule has 0 radical (unpaired) electrons. The molecule has 0 aliphatic heterocycles. The van der Waals surface area contributed by atoms with Gasteiger partial charge in [0.15, 0.2) is 0 Å². The van der Waals surface area contributed by atoms with Crippen LogP contribution >= 0.6 is 0 Å². The van der Waals surface area contributed by atoms with E-state index < -0.39 is 9.84 Å². The lowest BCUT2D eigenvalue weighted by atomic mass is 10.2. The van der Waals surface area contributed by atoms with E-state index in [2.05, 4.69) is 5.32 Å². The lowest BCUT2D eigenvalue weighted by Crippen LogP contribution is -2.23. The van der Waals surface area contributed by atoms with E-state index in [1.165, 1.54) is 6.26 Å². The molecule has 14 heavy (non-hydrogen) atoms. The molecule has 0 rings (SSSR count). The zero-order chi connectivity index (χ0) is 10.9. The van der Waals surface area contributed by atoms with E-state index in [4.69, 9.17) is 4.74 Å². The van der Waals surface area contributed by atoms with Gasteiger partial charge in [-0.3, -0.25) is 0 Å². The van der Waals surface area contributed by atoms with Crippen LogP contribution in [0.15, 0.2) is 0 Å². The smallest absolute Gasteiger partial charge is 0.148 e. The molecule has 0 aromatic carbocycles. The predicted octanol–water partition coefficient (Wildman–Crippen LogP) is 0.437. The molecule has 0 aliphatic carbocycles. The summed E-state index contributed by atoms with van der Waals surface area (Å²) in [6, 6.07) is 0. The normalized spacial score (nSPS) is 11.9. The summed E-state index contributed by atoms with van der Waals surface area (Å²) < 4.78 is 26.4. The van der Waals surface area contributed by atoms with E-state index in [1.807, 2.05) is 0 Å². The molecule has 0 atom stereocenters. The molecular formula is C9H21NO3S. The Bertz CT molecular complexity index is 214. The third kappa shape index (κ3) is 11.9. The van der Waals surface area contributed by atoms with Crippen LogP contribution in [0.5, 0.6) is 0 Å². The number of nitrogens with one attached hydrogen (secondary N) is 1. The molecule has 0 aromatic rings. The lowest BCUT2D eigenvalue weighted by Gasteiger charge is -2.03. The summed E-state index contributed by atoms with van der Waals surface area (Å²) in [5.74, 6) is 0.227. The SMILES string of the molecule is COCCCCCNCCS(C)(=O)=O. The Kier molecular flexibility index (Phi) is 8.12. The first-order chi connectivity index (χ1) is 6.56. The minimum absolute atomic E-state index is 0.227. The maximum atomic E-state index is 10.7. The zero-order valence-electron chi connectivity index (χ0n) is 9.08. The van der Waals surface area contributed by atoms with Crippen molar-refractivity contribution in [1.82, 2.24) is 5.32 Å². The van der Waals surface area contributed by atoms with Crippen molar-refractivity contribution in [2.45, 2.75) is 19.3 Å². The van der Waals surface area contributed by atoms with Gasteiger partial charge >= 0.3 is 0 Å². The quantitative estimate of drug-likeness (QED) is 0.576. The van der Waals surface area contributed by atoms with Crippen LogP contribution < -0.4 is 5.32 Å². The molecule has 0 amide bonds. The Morgan fingerprint density at radius 1 is 1.14 bits per heavy atom. The van der Waals surface area contributed by atoms with Crippen molar-refractivity contribution in [2.24, 2.45) is 0 Å². The fourth-order valence-electron chi connectivity index (χ4n) is 1.06. The van der Waals surface area contributed by atoms with Crippen LogP contribution in [-0.2, 0) is 14.6 Å². The zero-order valence-corrected chi connectivity index (χ0v) is 9.90. The second kappa shape index (κ2) is 8.20. The fourth-order valence-corrected chi connectivity index (χ4v) is 1.57. The molecule has 1 N–H and O–H groups in total. The van der Waals surface area contributed by atoms with Crippen molar-refractivity contribution in [3.05, 3.63) is 0 Å². The van der Waals surface area contributed by atoms with Crippen molar-refractivity contribution in [2.75, 3.05) is 38.8 Å². The molecule has 0 spiro atoms. The first-order valence-corrected chi connectivity index (χ1v) is 6.99. The van der Waals surface area contributed by atoms with Crippen LogP contribution in [0.2, 0.25) is 0 Å². The van der Waals surface area contributed by atoms with Crippen molar-refractivity contribution < 1.29 is 13.2 Å². The summed E-state index contributed by atoms with van der Waals surface area (Å²) in [5.41, 5.74) is 0. The molecule has 0 bridgehead atoms. The van der Waals surface area contributed by atoms with E-state index in [0.717, 1.165) is 32.4 Å². The Balaban J connectivity index is 3.07. The number of rotatable bonds is 9. The number of methoxy groups -OCH3 is 1. The summed E-state index contributed by atoms with van der Waals surface area (Å²) in [5, 5.41) is 3.10. The summed E-state index contributed by atoms with van der Waals surface area (Å²) in [7, 11) is -1.11. The van der Waals surface area contributed by atoms with Gasteiger partial charge in [0.05, 0.1) is 5.75 Å². The average Bonchev–Trinajstić information content (AvgIpc) is 2.08. The lowest BCUT2D eigenvalue weighted by molar-refractivity contribution is 0.192. The summed E-state index contributed by atoms with van der Waals surface area (Å²) in [4.78, 5) is 0. The van der Waals surface area contributed by atoms with Crippen LogP contribution in [0.4, 0.5) is 0 Å². The van der Waals surface area contributed by atoms with E-state index in [9.17, 15) is 8.42 Å². The number of unbranched alkanes of at least 4 members (excludes halogenated alkanes) is 2. The molecule has 0 saturated heterocycles. The predicted molar refractivity (Wildman–Crippen MR) is 58.3 cm³/mol. The Morgan fingerprint density at radius 3 is 2.43 bits per heavy atom. The van der Waals surface area contributed by atoms with Crippen LogP contribution in [0.25, 0.3) is 0 Å². The first kappa shape index (κ1) is 13.9. The third-order valence-corrected chi connectivity index (χ3v) is 2.80. The first-order valence-electron chi connectivity index (χ1n) is 4.93. The molecule has 5 heteroatoms. The highest BCUT2D eigenvalue weighted by Crippen LogP contribution is 1.93. The van der Waals surface area contributed by atoms with Gasteiger partial charge in [-0.1, -0.05) is 0 Å². The van der Waals surface area contributed by atoms with Gasteiger partial charge in [-0.15, -0.1) is 0 Å². The van der Waals surface area contributed by atoms with Crippen LogP contribution in [0.1, 0.15) is 19.3 Å². The number of hydrogen-bond acceptors (Lipinski definition) is 4. The topological polar surface area (TPSA) is 55.4 Å². The molecule has 0 fully saturated rings. The minimum atomic E-state index is -2.81. The van der Waals surface area contributed by atoms with Crippen molar-refractivity contribution in [3.63, 3.8) is 0 Å². The standard InChI is InChI=1S/C9H21NO3S/c1-13-8-5-3-4-6-10-7-9-14(2,11)12/h10H,3-9H2,1-2H3. The van der Waals surface area contributed by atoms with E-state index in [1.54, 1.807) is 7.11 Å². The molecule has 0 aliphatic rings. The number of hydrogen-bond donors (Lipinski definition) is 1. The largest absolute Gasteiger partial charge is 0.385 e. The van der Waals surface area contributed by atoms with Gasteiger partial charge in [0.2, 0.25) is 0 Å². The highest BCUT2D eigenvalue weighted by molar-refractivity contribution is 7.90. The van der Waals surface area contributed by atoms with E-state index >= 15 is 0 Å². The maximum absolute atomic E-state index is 10.7. The monoisotopic (exact) mass is 223 g/mol. The van der Waals surface area contributed by atoms with Crippen molar-refractivity contribution in [3.8, 4) is 0 Å². The maximum Gasteiger partial charge on any atom is 0.148 e. The summed E-state index contributed by atoms with van der Waals surface area (Å²) >= 11 is 0. The second-order valence-electron chi connectivity index (χ2n) is 3.43. The highest BCUT2D eigenvalue weighted by atomic mass is 32.2. The summed E-state index contributed by atoms with van der Waals surface area (Å²) in [6.07, 6.45) is 4.53. The summed E-state index contributed by atoms with van der Waals surface area (Å²) in [6.45, 7) is 2.26. The van der Waals surface area contributed by atoms with Gasteiger partial charge in [-0.2, -0.15) is 0 Å². The minimum Gasteiger partial charge on any atom is -0.385 e. The molecule has 0 saturated carbocycles. The molecule has 4 nitrogen and oxygen atoms in total. The van der Waals surface area contributed by atoms with Gasteiger partial charge < -0.3 is 10.1 Å². The van der Waals surface area contributed by atoms with Gasteiger partial charge in [0.25, 0.3) is 0 Å². The van der Waals surface area contributed by atoms with Crippen LogP contribution in [0, 0.1) is 0 Å². The molecule has 0 heterocycles. The Morgan fingerprint density at radius 2 is 1.86 bits per heavy atom. The van der Waals surface area contributed by atoms with Gasteiger partial charge in [0.1, 0.15) is 9.84 Å². The third-order valence-electron chi connectivity index (χ3n) is 1.85. The van der Waals surface area contributed by atoms with E-state index in [-0.39, 0.29) is 5.75 Å². The molecule has 0 unspecified atom stereocenters. The van der Waals surface area contributed by atoms with Gasteiger partial charge in [-0.05, 0) is 25.8 Å². The van der Waals surface area contributed by atoms with Gasteiger partial charge in [0, 0.05) is 26.5 Å². The van der Waals surface area contributed by atoms with Crippen molar-refractivity contribution >= 4 is 9.84 Å². The number of sulfone groups is 1. The molecule has 0 aromatic heterocycles. The Labute approximate surface area is 86.9 Å². The second-order valence-corrected chi connectivity index (χ2v) is 5.69.